The van der Waals surface area contributed by atoms with E-state index in [-0.39, 0.29) is 6.29 Å². The highest BCUT2D eigenvalue weighted by Crippen LogP contribution is 2.30. The first-order valence-electron chi connectivity index (χ1n) is 9.92. The minimum Gasteiger partial charge on any atom is -0.391 e. The molecule has 0 aromatic carbocycles. The maximum Gasteiger partial charge on any atom is 0.187 e. The van der Waals surface area contributed by atoms with Gasteiger partial charge in [-0.1, -0.05) is 0 Å². The van der Waals surface area contributed by atoms with Gasteiger partial charge in [-0.3, -0.25) is 0 Å². The second kappa shape index (κ2) is 10.9. The molecule has 0 aromatic heterocycles. The normalized spacial score (nSPS) is 45.5. The molecule has 182 valence electrons. The lowest BCUT2D eigenvalue weighted by Crippen LogP contribution is -2.64. The fraction of sp³-hybridized carbons (Fsp3) is 0.944. The van der Waals surface area contributed by atoms with E-state index >= 15 is 0 Å². The summed E-state index contributed by atoms with van der Waals surface area (Å²) in [4.78, 5) is 11.0. The van der Waals surface area contributed by atoms with Crippen molar-refractivity contribution in [3.05, 3.63) is 0 Å². The van der Waals surface area contributed by atoms with Gasteiger partial charge in [0.05, 0.1) is 18.3 Å². The predicted molar refractivity (Wildman–Crippen MR) is 98.2 cm³/mol. The molecule has 0 aromatic rings. The summed E-state index contributed by atoms with van der Waals surface area (Å²) in [7, 11) is 0. The molecule has 0 radical (unpaired) electrons. The summed E-state index contributed by atoms with van der Waals surface area (Å²) >= 11 is 0. The fourth-order valence-corrected chi connectivity index (χ4v) is 3.42. The third kappa shape index (κ3) is 5.76. The molecule has 2 fully saturated rings. The zero-order valence-corrected chi connectivity index (χ0v) is 17.3. The molecule has 2 aliphatic rings. The Balaban J connectivity index is 2.18. The monoisotopic (exact) mass is 456 g/mol. The van der Waals surface area contributed by atoms with Gasteiger partial charge in [0.15, 0.2) is 18.9 Å². The van der Waals surface area contributed by atoms with Crippen LogP contribution in [0.2, 0.25) is 0 Å². The molecule has 8 N–H and O–H groups in total. The molecule has 0 bridgehead atoms. The molecule has 2 heterocycles. The second-order valence-corrected chi connectivity index (χ2v) is 7.93. The summed E-state index contributed by atoms with van der Waals surface area (Å²) in [6.07, 6.45) is -21.2. The van der Waals surface area contributed by atoms with Gasteiger partial charge in [-0.05, 0) is 20.8 Å². The van der Waals surface area contributed by atoms with Crippen molar-refractivity contribution in [1.82, 2.24) is 0 Å². The molecule has 0 spiro atoms. The van der Waals surface area contributed by atoms with Crippen molar-refractivity contribution in [2.45, 2.75) is 107 Å². The van der Waals surface area contributed by atoms with Crippen LogP contribution in [0.3, 0.4) is 0 Å². The van der Waals surface area contributed by atoms with E-state index in [4.69, 9.17) is 18.9 Å². The van der Waals surface area contributed by atoms with Crippen LogP contribution in [0.25, 0.3) is 0 Å². The lowest BCUT2D eigenvalue weighted by atomic mass is 9.97. The van der Waals surface area contributed by atoms with Crippen molar-refractivity contribution in [3.8, 4) is 0 Å². The third-order valence-corrected chi connectivity index (χ3v) is 5.48. The van der Waals surface area contributed by atoms with Gasteiger partial charge in [0.1, 0.15) is 54.9 Å². The number of hydrogen-bond donors (Lipinski definition) is 8. The van der Waals surface area contributed by atoms with Crippen LogP contribution in [0.5, 0.6) is 0 Å². The van der Waals surface area contributed by atoms with E-state index in [0.29, 0.717) is 0 Å². The zero-order valence-electron chi connectivity index (χ0n) is 17.3. The summed E-state index contributed by atoms with van der Waals surface area (Å²) in [5.41, 5.74) is 0. The lowest BCUT2D eigenvalue weighted by Gasteiger charge is -2.46. The highest BCUT2D eigenvalue weighted by atomic mass is 16.7. The third-order valence-electron chi connectivity index (χ3n) is 5.48. The Morgan fingerprint density at radius 2 is 1.35 bits per heavy atom. The average molecular weight is 456 g/mol. The smallest absolute Gasteiger partial charge is 0.187 e. The van der Waals surface area contributed by atoms with Gasteiger partial charge in [-0.15, -0.1) is 0 Å². The molecule has 0 aliphatic carbocycles. The maximum atomic E-state index is 11.0. The number of carbonyl (C=O) groups excluding carboxylic acids is 1. The molecule has 0 amide bonds. The summed E-state index contributed by atoms with van der Waals surface area (Å²) in [5.74, 6) is 0. The van der Waals surface area contributed by atoms with Crippen LogP contribution in [0, 0.1) is 0 Å². The number of hydrogen-bond acceptors (Lipinski definition) is 13. The quantitative estimate of drug-likeness (QED) is 0.161. The second-order valence-electron chi connectivity index (χ2n) is 7.93. The summed E-state index contributed by atoms with van der Waals surface area (Å²) in [6, 6.07) is 0. The number of aldehydes is 1. The van der Waals surface area contributed by atoms with E-state index < -0.39 is 85.8 Å². The molecular weight excluding hydrogens is 424 g/mol. The predicted octanol–water partition coefficient (Wildman–Crippen LogP) is -4.65. The standard InChI is InChI=1S/C18H32O13/c1-5(20)9(22)15(8(21)4-19)30-18-14(27)16(11(24)7(3)29-18)31-17-13(26)12(25)10(23)6(2)28-17/h4-18,20-27H,1-3H3/t5-,6-,7-,8-,9-,10-,11-,12+,13+,14+,15-,16+,17-,18-/m0/s1. The number of aliphatic hydroxyl groups excluding tert-OH is 8. The molecule has 0 unspecified atom stereocenters. The maximum absolute atomic E-state index is 11.0. The van der Waals surface area contributed by atoms with Crippen LogP contribution >= 0.6 is 0 Å². The fourth-order valence-electron chi connectivity index (χ4n) is 3.42. The van der Waals surface area contributed by atoms with Gasteiger partial charge in [0.25, 0.3) is 0 Å². The summed E-state index contributed by atoms with van der Waals surface area (Å²) in [5, 5.41) is 80.3. The van der Waals surface area contributed by atoms with E-state index in [1.54, 1.807) is 0 Å². The SMILES string of the molecule is C[C@H](O)[C@H](O)[C@@H](O[C@@H]1O[C@@H](C)[C@H](O)[C@@H](O[C@@H]2O[C@@H](C)[C@H](O)[C@@H](O)[C@H]2O)[C@H]1O)[C@@H](O)C=O. The van der Waals surface area contributed by atoms with Gasteiger partial charge < -0.3 is 64.6 Å². The molecule has 14 atom stereocenters. The van der Waals surface area contributed by atoms with E-state index in [1.165, 1.54) is 20.8 Å². The Kier molecular flexibility index (Phi) is 9.27. The van der Waals surface area contributed by atoms with Crippen LogP contribution in [0.15, 0.2) is 0 Å². The van der Waals surface area contributed by atoms with Crippen LogP contribution in [-0.2, 0) is 23.7 Å². The van der Waals surface area contributed by atoms with Crippen LogP contribution < -0.4 is 0 Å². The van der Waals surface area contributed by atoms with Crippen LogP contribution in [0.4, 0.5) is 0 Å². The van der Waals surface area contributed by atoms with Crippen LogP contribution in [0.1, 0.15) is 20.8 Å². The minimum atomic E-state index is -1.87. The summed E-state index contributed by atoms with van der Waals surface area (Å²) < 4.78 is 21.5. The number of carbonyl (C=O) groups is 1. The number of aliphatic hydroxyl groups is 8. The van der Waals surface area contributed by atoms with Gasteiger partial charge in [0, 0.05) is 0 Å². The Morgan fingerprint density at radius 1 is 0.806 bits per heavy atom. The number of rotatable bonds is 8. The van der Waals surface area contributed by atoms with Gasteiger partial charge >= 0.3 is 0 Å². The number of ether oxygens (including phenoxy) is 4. The van der Waals surface area contributed by atoms with Crippen molar-refractivity contribution >= 4 is 6.29 Å². The minimum absolute atomic E-state index is 0.0675. The molecule has 2 rings (SSSR count). The molecule has 13 heteroatoms. The molecule has 13 nitrogen and oxygen atoms in total. The van der Waals surface area contributed by atoms with Crippen LogP contribution in [-0.4, -0.2) is 133 Å². The average Bonchev–Trinajstić information content (AvgIpc) is 2.73. The first-order chi connectivity index (χ1) is 14.4. The van der Waals surface area contributed by atoms with Gasteiger partial charge in [-0.2, -0.15) is 0 Å². The van der Waals surface area contributed by atoms with E-state index in [9.17, 15) is 45.6 Å². The molecule has 31 heavy (non-hydrogen) atoms. The summed E-state index contributed by atoms with van der Waals surface area (Å²) in [6.45, 7) is 4.01. The molecule has 0 saturated carbocycles. The van der Waals surface area contributed by atoms with Crippen molar-refractivity contribution < 1.29 is 64.6 Å². The van der Waals surface area contributed by atoms with Crippen molar-refractivity contribution in [1.29, 1.82) is 0 Å². The topological polar surface area (TPSA) is 216 Å². The van der Waals surface area contributed by atoms with Gasteiger partial charge in [0.2, 0.25) is 0 Å². The Bertz CT molecular complexity index is 577. The first kappa shape index (κ1) is 26.4. The first-order valence-corrected chi connectivity index (χ1v) is 9.92. The van der Waals surface area contributed by atoms with Crippen molar-refractivity contribution in [3.63, 3.8) is 0 Å². The highest BCUT2D eigenvalue weighted by molar-refractivity contribution is 5.56. The lowest BCUT2D eigenvalue weighted by molar-refractivity contribution is -0.362. The van der Waals surface area contributed by atoms with E-state index in [0.717, 1.165) is 0 Å². The molecule has 2 aliphatic heterocycles. The Morgan fingerprint density at radius 3 is 1.90 bits per heavy atom. The Hall–Kier alpha value is -0.810. The molecule has 2 saturated heterocycles. The van der Waals surface area contributed by atoms with Crippen molar-refractivity contribution in [2.75, 3.05) is 0 Å². The van der Waals surface area contributed by atoms with Gasteiger partial charge in [-0.25, -0.2) is 0 Å². The van der Waals surface area contributed by atoms with E-state index in [1.807, 2.05) is 0 Å². The Labute approximate surface area is 178 Å². The highest BCUT2D eigenvalue weighted by Gasteiger charge is 2.50. The largest absolute Gasteiger partial charge is 0.391 e. The molecular formula is C18H32O13. The zero-order chi connectivity index (χ0) is 23.6. The van der Waals surface area contributed by atoms with E-state index in [2.05, 4.69) is 0 Å². The van der Waals surface area contributed by atoms with Crippen molar-refractivity contribution in [2.24, 2.45) is 0 Å².